The number of likely N-dealkylation sites (tertiary alicyclic amines) is 1. The zero-order valence-electron chi connectivity index (χ0n) is 17.3. The van der Waals surface area contributed by atoms with Gasteiger partial charge in [0.2, 0.25) is 0 Å². The molecule has 0 aliphatic carbocycles. The van der Waals surface area contributed by atoms with Crippen molar-refractivity contribution in [2.75, 3.05) is 20.3 Å². The van der Waals surface area contributed by atoms with Gasteiger partial charge in [0.25, 0.3) is 11.5 Å². The lowest BCUT2D eigenvalue weighted by Gasteiger charge is -2.25. The molecule has 1 amide bonds. The molecule has 0 saturated carbocycles. The number of carbonyl (C=O) groups excluding carboxylic acids is 1. The van der Waals surface area contributed by atoms with E-state index in [4.69, 9.17) is 16.3 Å². The Hall–Kier alpha value is -2.89. The van der Waals surface area contributed by atoms with Crippen molar-refractivity contribution in [3.63, 3.8) is 0 Å². The highest BCUT2D eigenvalue weighted by atomic mass is 35.5. The van der Waals surface area contributed by atoms with Crippen LogP contribution >= 0.6 is 11.6 Å². The number of nitrogens with zero attached hydrogens (tertiary/aromatic N) is 2. The maximum absolute atomic E-state index is 13.8. The average molecular weight is 435 g/mol. The van der Waals surface area contributed by atoms with Crippen molar-refractivity contribution in [2.45, 2.75) is 25.4 Å². The maximum Gasteiger partial charge on any atom is 0.259 e. The molecule has 1 aromatic heterocycles. The van der Waals surface area contributed by atoms with E-state index < -0.39 is 0 Å². The number of methoxy groups -OCH3 is 1. The number of pyridine rings is 1. The van der Waals surface area contributed by atoms with Gasteiger partial charge in [0.15, 0.2) is 0 Å². The van der Waals surface area contributed by atoms with E-state index in [0.29, 0.717) is 41.5 Å². The number of ether oxygens (including phenoxy) is 1. The second-order valence-electron chi connectivity index (χ2n) is 8.10. The molecule has 3 heterocycles. The lowest BCUT2D eigenvalue weighted by molar-refractivity contribution is 0.0631. The van der Waals surface area contributed by atoms with E-state index in [1.165, 1.54) is 0 Å². The zero-order valence-corrected chi connectivity index (χ0v) is 18.1. The molecule has 0 N–H and O–H groups in total. The minimum Gasteiger partial charge on any atom is -0.383 e. The maximum atomic E-state index is 13.8. The molecule has 3 aromatic rings. The quantitative estimate of drug-likeness (QED) is 0.477. The van der Waals surface area contributed by atoms with Crippen LogP contribution in [0.2, 0.25) is 5.02 Å². The number of fused-ring (bicyclic) bond motifs is 3. The molecule has 158 valence electrons. The van der Waals surface area contributed by atoms with Gasteiger partial charge in [-0.1, -0.05) is 54.1 Å². The Morgan fingerprint density at radius 3 is 2.74 bits per heavy atom. The van der Waals surface area contributed by atoms with E-state index in [1.54, 1.807) is 17.7 Å². The largest absolute Gasteiger partial charge is 0.383 e. The summed E-state index contributed by atoms with van der Waals surface area (Å²) in [5, 5.41) is 0.555. The number of halogens is 1. The highest BCUT2D eigenvalue weighted by Crippen LogP contribution is 2.40. The Morgan fingerprint density at radius 2 is 1.97 bits per heavy atom. The molecular formula is C25H23ClN2O3. The average Bonchev–Trinajstić information content (AvgIpc) is 3.40. The van der Waals surface area contributed by atoms with E-state index in [0.717, 1.165) is 29.5 Å². The summed E-state index contributed by atoms with van der Waals surface area (Å²) in [6.45, 7) is 1.59. The molecular weight excluding hydrogens is 412 g/mol. The summed E-state index contributed by atoms with van der Waals surface area (Å²) in [5.41, 5.74) is 4.10. The van der Waals surface area contributed by atoms with Crippen LogP contribution in [0, 0.1) is 0 Å². The Kier molecular flexibility index (Phi) is 5.16. The summed E-state index contributed by atoms with van der Waals surface area (Å²) < 4.78 is 7.05. The van der Waals surface area contributed by atoms with Gasteiger partial charge in [0, 0.05) is 24.8 Å². The van der Waals surface area contributed by atoms with Crippen LogP contribution in [-0.2, 0) is 11.3 Å². The molecule has 0 radical (unpaired) electrons. The molecule has 31 heavy (non-hydrogen) atoms. The summed E-state index contributed by atoms with van der Waals surface area (Å²) in [4.78, 5) is 29.2. The first-order valence-corrected chi connectivity index (χ1v) is 10.9. The molecule has 2 aromatic carbocycles. The molecule has 0 spiro atoms. The van der Waals surface area contributed by atoms with Crippen LogP contribution in [0.1, 0.15) is 28.8 Å². The standard InChI is InChI=1S/C25H23ClN2O3/c1-31-15-18-10-6-12-27(18)25(30)20-13-19(16-7-3-2-4-8-16)24(29)28-14-17-9-5-11-21(26)22(17)23(20)28/h2-5,7-9,11,13,18H,6,10,12,14-15H2,1H3. The Balaban J connectivity index is 1.74. The Bertz CT molecular complexity index is 1220. The smallest absolute Gasteiger partial charge is 0.259 e. The predicted octanol–water partition coefficient (Wildman–Crippen LogP) is 4.45. The van der Waals surface area contributed by atoms with Gasteiger partial charge in [-0.2, -0.15) is 0 Å². The molecule has 1 saturated heterocycles. The van der Waals surface area contributed by atoms with E-state index in [9.17, 15) is 9.59 Å². The molecule has 2 aliphatic rings. The fourth-order valence-electron chi connectivity index (χ4n) is 4.83. The van der Waals surface area contributed by atoms with Gasteiger partial charge in [-0.05, 0) is 36.1 Å². The predicted molar refractivity (Wildman–Crippen MR) is 122 cm³/mol. The van der Waals surface area contributed by atoms with Crippen molar-refractivity contribution in [1.82, 2.24) is 9.47 Å². The van der Waals surface area contributed by atoms with Crippen LogP contribution in [0.3, 0.4) is 0 Å². The van der Waals surface area contributed by atoms with E-state index in [-0.39, 0.29) is 17.5 Å². The van der Waals surface area contributed by atoms with Crippen LogP contribution in [0.4, 0.5) is 0 Å². The van der Waals surface area contributed by atoms with Gasteiger partial charge >= 0.3 is 0 Å². The number of aromatic nitrogens is 1. The summed E-state index contributed by atoms with van der Waals surface area (Å²) in [5.74, 6) is -0.0757. The van der Waals surface area contributed by atoms with Crippen LogP contribution in [0.5, 0.6) is 0 Å². The van der Waals surface area contributed by atoms with Crippen LogP contribution in [0.25, 0.3) is 22.4 Å². The van der Waals surface area contributed by atoms with Crippen molar-refractivity contribution in [1.29, 1.82) is 0 Å². The van der Waals surface area contributed by atoms with Gasteiger partial charge in [-0.3, -0.25) is 9.59 Å². The normalized spacial score (nSPS) is 17.0. The summed E-state index contributed by atoms with van der Waals surface area (Å²) in [6.07, 6.45) is 1.86. The van der Waals surface area contributed by atoms with Crippen molar-refractivity contribution < 1.29 is 9.53 Å². The van der Waals surface area contributed by atoms with E-state index in [2.05, 4.69) is 0 Å². The SMILES string of the molecule is COCC1CCCN1C(=O)c1cc(-c2ccccc2)c(=O)n2c1-c1c(Cl)cccc1C2. The number of rotatable bonds is 4. The van der Waals surface area contributed by atoms with Crippen molar-refractivity contribution in [3.8, 4) is 22.4 Å². The third-order valence-electron chi connectivity index (χ3n) is 6.27. The summed E-state index contributed by atoms with van der Waals surface area (Å²) >= 11 is 6.56. The van der Waals surface area contributed by atoms with Gasteiger partial charge in [0.05, 0.1) is 35.5 Å². The lowest BCUT2D eigenvalue weighted by atomic mass is 9.99. The van der Waals surface area contributed by atoms with Crippen LogP contribution in [0.15, 0.2) is 59.4 Å². The monoisotopic (exact) mass is 434 g/mol. The topological polar surface area (TPSA) is 51.5 Å². The molecule has 5 rings (SSSR count). The Labute approximate surface area is 185 Å². The van der Waals surface area contributed by atoms with Crippen molar-refractivity contribution >= 4 is 17.5 Å². The van der Waals surface area contributed by atoms with Crippen molar-refractivity contribution in [2.24, 2.45) is 0 Å². The molecule has 5 nitrogen and oxygen atoms in total. The van der Waals surface area contributed by atoms with Gasteiger partial charge in [-0.25, -0.2) is 0 Å². The minimum atomic E-state index is -0.111. The van der Waals surface area contributed by atoms with E-state index in [1.807, 2.05) is 53.4 Å². The highest BCUT2D eigenvalue weighted by Gasteiger charge is 2.35. The third-order valence-corrected chi connectivity index (χ3v) is 6.58. The highest BCUT2D eigenvalue weighted by molar-refractivity contribution is 6.33. The number of hydrogen-bond donors (Lipinski definition) is 0. The number of amides is 1. The fraction of sp³-hybridized carbons (Fsp3) is 0.280. The number of hydrogen-bond acceptors (Lipinski definition) is 3. The van der Waals surface area contributed by atoms with Crippen LogP contribution in [-0.4, -0.2) is 41.7 Å². The fourth-order valence-corrected chi connectivity index (χ4v) is 5.12. The van der Waals surface area contributed by atoms with E-state index >= 15 is 0 Å². The first kappa shape index (κ1) is 20.0. The minimum absolute atomic E-state index is 0.0392. The van der Waals surface area contributed by atoms with Crippen LogP contribution < -0.4 is 5.56 Å². The second kappa shape index (κ2) is 7.98. The second-order valence-corrected chi connectivity index (χ2v) is 8.51. The molecule has 2 aliphatic heterocycles. The first-order chi connectivity index (χ1) is 15.1. The summed E-state index contributed by atoms with van der Waals surface area (Å²) in [6, 6.07) is 17.0. The number of carbonyl (C=O) groups is 1. The molecule has 0 bridgehead atoms. The lowest BCUT2D eigenvalue weighted by Crippen LogP contribution is -2.39. The van der Waals surface area contributed by atoms with Gasteiger partial charge in [0.1, 0.15) is 0 Å². The molecule has 1 atom stereocenters. The Morgan fingerprint density at radius 1 is 1.16 bits per heavy atom. The van der Waals surface area contributed by atoms with Gasteiger partial charge in [-0.15, -0.1) is 0 Å². The molecule has 1 unspecified atom stereocenters. The third kappa shape index (κ3) is 3.29. The van der Waals surface area contributed by atoms with Crippen molar-refractivity contribution in [3.05, 3.63) is 81.1 Å². The molecule has 1 fully saturated rings. The molecule has 6 heteroatoms. The zero-order chi connectivity index (χ0) is 21.5. The first-order valence-electron chi connectivity index (χ1n) is 10.5. The summed E-state index contributed by atoms with van der Waals surface area (Å²) in [7, 11) is 1.66. The van der Waals surface area contributed by atoms with Gasteiger partial charge < -0.3 is 14.2 Å². The number of benzene rings is 2.